The van der Waals surface area contributed by atoms with Crippen LogP contribution in [0.15, 0.2) is 72.9 Å². The number of esters is 2. The topological polar surface area (TPSA) is 111 Å². The number of carbonyl (C=O) groups is 2. The van der Waals surface area contributed by atoms with Crippen molar-refractivity contribution < 1.29 is 42.1 Å². The quantitative estimate of drug-likeness (QED) is 0.0201. The van der Waals surface area contributed by atoms with Gasteiger partial charge < -0.3 is 27.9 Å². The van der Waals surface area contributed by atoms with Crippen LogP contribution in [-0.2, 0) is 32.7 Å². The molecule has 0 radical (unpaired) electrons. The summed E-state index contributed by atoms with van der Waals surface area (Å²) in [7, 11) is 1.12. The van der Waals surface area contributed by atoms with Crippen LogP contribution in [-0.4, -0.2) is 70.0 Å². The maximum absolute atomic E-state index is 12.6. The fraction of sp³-hybridized carbons (Fsp3) is 0.689. The fourth-order valence-corrected chi connectivity index (χ4v) is 5.80. The largest absolute Gasteiger partial charge is 0.756 e. The van der Waals surface area contributed by atoms with E-state index in [0.29, 0.717) is 23.9 Å². The molecule has 0 aliphatic carbocycles. The molecule has 0 saturated heterocycles. The van der Waals surface area contributed by atoms with Crippen molar-refractivity contribution in [3.8, 4) is 0 Å². The second-order valence-corrected chi connectivity index (χ2v) is 16.4. The average Bonchev–Trinajstić information content (AvgIpc) is 3.13. The highest BCUT2D eigenvalue weighted by Gasteiger charge is 2.21. The van der Waals surface area contributed by atoms with E-state index in [4.69, 9.17) is 18.5 Å². The third-order valence-electron chi connectivity index (χ3n) is 8.43. The maximum atomic E-state index is 12.6. The van der Waals surface area contributed by atoms with Gasteiger partial charge in [0.25, 0.3) is 7.82 Å². The summed E-state index contributed by atoms with van der Waals surface area (Å²) >= 11 is 0. The van der Waals surface area contributed by atoms with E-state index in [-0.39, 0.29) is 26.1 Å². The summed E-state index contributed by atoms with van der Waals surface area (Å²) in [6, 6.07) is 0. The first kappa shape index (κ1) is 52.5. The zero-order valence-electron chi connectivity index (χ0n) is 35.3. The Hall–Kier alpha value is -2.55. The molecule has 0 heterocycles. The third-order valence-corrected chi connectivity index (χ3v) is 9.39. The van der Waals surface area contributed by atoms with Gasteiger partial charge in [0.1, 0.15) is 19.8 Å². The first-order valence-corrected chi connectivity index (χ1v) is 22.6. The molecule has 0 fully saturated rings. The van der Waals surface area contributed by atoms with Crippen molar-refractivity contribution in [1.29, 1.82) is 0 Å². The first-order chi connectivity index (χ1) is 26.5. The van der Waals surface area contributed by atoms with Crippen molar-refractivity contribution in [3.05, 3.63) is 72.9 Å². The molecule has 10 heteroatoms. The molecular formula is C45H78NO8P. The minimum atomic E-state index is -4.64. The SMILES string of the molecule is CCC/C=C/C/C=C/C/C=C/C/C=C/CCCCCC(=O)OC[C@H](COP(=O)([O-])OCC[N+](C)(C)C)OC(=O)CCCCCCC/C=C/C/C=C/CCCC. The number of allylic oxidation sites excluding steroid dienone is 12. The van der Waals surface area contributed by atoms with Gasteiger partial charge in [-0.25, -0.2) is 0 Å². The smallest absolute Gasteiger partial charge is 0.306 e. The van der Waals surface area contributed by atoms with E-state index < -0.39 is 32.5 Å². The van der Waals surface area contributed by atoms with Crippen LogP contribution in [0.1, 0.15) is 149 Å². The summed E-state index contributed by atoms with van der Waals surface area (Å²) in [5.41, 5.74) is 0. The lowest BCUT2D eigenvalue weighted by atomic mass is 10.1. The number of quaternary nitrogens is 1. The molecule has 9 nitrogen and oxygen atoms in total. The van der Waals surface area contributed by atoms with Gasteiger partial charge in [0, 0.05) is 12.8 Å². The minimum absolute atomic E-state index is 0.0429. The highest BCUT2D eigenvalue weighted by Crippen LogP contribution is 2.38. The van der Waals surface area contributed by atoms with Crippen molar-refractivity contribution in [1.82, 2.24) is 0 Å². The van der Waals surface area contributed by atoms with E-state index in [0.717, 1.165) is 89.9 Å². The van der Waals surface area contributed by atoms with Gasteiger partial charge in [-0.1, -0.05) is 132 Å². The molecule has 55 heavy (non-hydrogen) atoms. The molecule has 0 rings (SSSR count). The number of phosphoric acid groups is 1. The second-order valence-electron chi connectivity index (χ2n) is 15.0. The average molecular weight is 792 g/mol. The lowest BCUT2D eigenvalue weighted by Gasteiger charge is -2.28. The summed E-state index contributed by atoms with van der Waals surface area (Å²) in [5.74, 6) is -0.895. The Balaban J connectivity index is 4.48. The molecule has 316 valence electrons. The highest BCUT2D eigenvalue weighted by molar-refractivity contribution is 7.45. The zero-order chi connectivity index (χ0) is 40.7. The van der Waals surface area contributed by atoms with Crippen molar-refractivity contribution in [2.75, 3.05) is 47.5 Å². The number of rotatable bonds is 37. The van der Waals surface area contributed by atoms with Crippen LogP contribution >= 0.6 is 7.82 Å². The lowest BCUT2D eigenvalue weighted by Crippen LogP contribution is -2.37. The Morgan fingerprint density at radius 2 is 1.02 bits per heavy atom. The second kappa shape index (κ2) is 37.1. The molecule has 0 aliphatic rings. The van der Waals surface area contributed by atoms with E-state index >= 15 is 0 Å². The summed E-state index contributed by atoms with van der Waals surface area (Å²) in [5, 5.41) is 0. The number of nitrogens with zero attached hydrogens (tertiary/aromatic N) is 1. The molecule has 0 aliphatic heterocycles. The van der Waals surface area contributed by atoms with Crippen molar-refractivity contribution in [2.24, 2.45) is 0 Å². The number of unbranched alkanes of at least 4 members (excludes halogenated alkanes) is 11. The van der Waals surface area contributed by atoms with Gasteiger partial charge in [0.2, 0.25) is 0 Å². The monoisotopic (exact) mass is 792 g/mol. The van der Waals surface area contributed by atoms with E-state index in [1.807, 2.05) is 21.1 Å². The molecule has 0 amide bonds. The summed E-state index contributed by atoms with van der Waals surface area (Å²) in [6.07, 6.45) is 44.9. The van der Waals surface area contributed by atoms with Gasteiger partial charge in [0.05, 0.1) is 27.7 Å². The Morgan fingerprint density at radius 3 is 1.55 bits per heavy atom. The summed E-state index contributed by atoms with van der Waals surface area (Å²) in [4.78, 5) is 37.5. The molecule has 0 N–H and O–H groups in total. The van der Waals surface area contributed by atoms with Crippen LogP contribution in [0.3, 0.4) is 0 Å². The van der Waals surface area contributed by atoms with Crippen molar-refractivity contribution in [3.63, 3.8) is 0 Å². The number of ether oxygens (including phenoxy) is 2. The molecule has 0 aromatic heterocycles. The molecule has 1 unspecified atom stereocenters. The van der Waals surface area contributed by atoms with Crippen LogP contribution < -0.4 is 4.89 Å². The van der Waals surface area contributed by atoms with Crippen LogP contribution in [0.4, 0.5) is 0 Å². The zero-order valence-corrected chi connectivity index (χ0v) is 36.2. The number of carbonyl (C=O) groups excluding carboxylic acids is 2. The van der Waals surface area contributed by atoms with Gasteiger partial charge in [-0.15, -0.1) is 0 Å². The predicted octanol–water partition coefficient (Wildman–Crippen LogP) is 11.2. The molecule has 0 saturated carbocycles. The fourth-order valence-electron chi connectivity index (χ4n) is 5.07. The Labute approximate surface area is 336 Å². The van der Waals surface area contributed by atoms with Gasteiger partial charge in [-0.05, 0) is 77.0 Å². The van der Waals surface area contributed by atoms with Crippen LogP contribution in [0.25, 0.3) is 0 Å². The molecule has 0 aromatic carbocycles. The van der Waals surface area contributed by atoms with Crippen molar-refractivity contribution in [2.45, 2.75) is 155 Å². The Morgan fingerprint density at radius 1 is 0.564 bits per heavy atom. The Kier molecular flexibility index (Phi) is 35.3. The molecule has 2 atom stereocenters. The summed E-state index contributed by atoms with van der Waals surface area (Å²) in [6.45, 7) is 4.04. The van der Waals surface area contributed by atoms with E-state index in [9.17, 15) is 19.0 Å². The van der Waals surface area contributed by atoms with Gasteiger partial charge >= 0.3 is 11.9 Å². The first-order valence-electron chi connectivity index (χ1n) is 21.1. The van der Waals surface area contributed by atoms with Crippen LogP contribution in [0.5, 0.6) is 0 Å². The third kappa shape index (κ3) is 40.9. The van der Waals surface area contributed by atoms with E-state index in [1.165, 1.54) is 19.3 Å². The minimum Gasteiger partial charge on any atom is -0.756 e. The number of likely N-dealkylation sites (N-methyl/N-ethyl adjacent to an activating group) is 1. The van der Waals surface area contributed by atoms with Gasteiger partial charge in [0.15, 0.2) is 6.10 Å². The molecular weight excluding hydrogens is 713 g/mol. The molecule has 0 bridgehead atoms. The van der Waals surface area contributed by atoms with Gasteiger partial charge in [-0.3, -0.25) is 14.2 Å². The molecule has 0 aromatic rings. The number of phosphoric ester groups is 1. The number of hydrogen-bond donors (Lipinski definition) is 0. The lowest BCUT2D eigenvalue weighted by molar-refractivity contribution is -0.870. The normalized spacial score (nSPS) is 14.4. The molecule has 0 spiro atoms. The van der Waals surface area contributed by atoms with Gasteiger partial charge in [-0.2, -0.15) is 0 Å². The predicted molar refractivity (Wildman–Crippen MR) is 226 cm³/mol. The van der Waals surface area contributed by atoms with E-state index in [1.54, 1.807) is 0 Å². The number of hydrogen-bond acceptors (Lipinski definition) is 8. The Bertz CT molecular complexity index is 1170. The van der Waals surface area contributed by atoms with E-state index in [2.05, 4.69) is 86.8 Å². The van der Waals surface area contributed by atoms with Crippen LogP contribution in [0, 0.1) is 0 Å². The standard InChI is InChI=1S/C45H78NO8P/c1-6-8-10-12-14-16-18-20-22-23-24-26-27-29-31-33-35-37-44(47)51-41-43(42-53-55(49,50)52-40-39-46(3,4)5)54-45(48)38-36-34-32-30-28-25-21-19-17-15-13-11-9-7-2/h10,12-13,15-16,18-19,21-23,26-27,43H,6-9,11,14,17,20,24-25,28-42H2,1-5H3/b12-10+,15-13+,18-16+,21-19+,23-22+,27-26+/t43-/m1/s1. The summed E-state index contributed by atoms with van der Waals surface area (Å²) < 4.78 is 33.8. The highest BCUT2D eigenvalue weighted by atomic mass is 31.2. The van der Waals surface area contributed by atoms with Crippen molar-refractivity contribution >= 4 is 19.8 Å². The van der Waals surface area contributed by atoms with Crippen LogP contribution in [0.2, 0.25) is 0 Å². The maximum Gasteiger partial charge on any atom is 0.306 e.